The minimum atomic E-state index is -0.595. The molecule has 0 bridgehead atoms. The van der Waals surface area contributed by atoms with E-state index in [0.717, 1.165) is 0 Å². The lowest BCUT2D eigenvalue weighted by Crippen LogP contribution is -2.15. The van der Waals surface area contributed by atoms with Crippen molar-refractivity contribution < 1.29 is 9.59 Å². The van der Waals surface area contributed by atoms with Gasteiger partial charge in [-0.25, -0.2) is 0 Å². The minimum Gasteiger partial charge on any atom is -0.369 e. The predicted octanol–water partition coefficient (Wildman–Crippen LogP) is -0.156. The number of hydrogen-bond acceptors (Lipinski definition) is 2. The van der Waals surface area contributed by atoms with Crippen molar-refractivity contribution in [1.29, 1.82) is 0 Å². The maximum absolute atomic E-state index is 10.6. The van der Waals surface area contributed by atoms with Crippen LogP contribution in [0.4, 0.5) is 0 Å². The molecule has 0 atom stereocenters. The topological polar surface area (TPSA) is 60.2 Å². The highest BCUT2D eigenvalue weighted by molar-refractivity contribution is 5.97. The van der Waals surface area contributed by atoms with Crippen molar-refractivity contribution in [2.45, 2.75) is 19.3 Å². The van der Waals surface area contributed by atoms with Crippen LogP contribution in [0.25, 0.3) is 0 Å². The number of carbonyl (C=O) groups excluding carboxylic acids is 2. The van der Waals surface area contributed by atoms with E-state index >= 15 is 0 Å². The summed E-state index contributed by atoms with van der Waals surface area (Å²) in [6.45, 7) is 0. The van der Waals surface area contributed by atoms with Crippen LogP contribution in [-0.2, 0) is 9.59 Å². The fourth-order valence-electron chi connectivity index (χ4n) is 0.494. The first-order valence-corrected chi connectivity index (χ1v) is 2.90. The second-order valence-corrected chi connectivity index (χ2v) is 1.89. The molecule has 0 heterocycles. The average Bonchev–Trinajstić information content (AvgIpc) is 1.82. The number of rotatable bonds is 4. The molecule has 1 amide bonds. The van der Waals surface area contributed by atoms with Crippen LogP contribution >= 0.6 is 0 Å². The van der Waals surface area contributed by atoms with Gasteiger partial charge >= 0.3 is 0 Å². The summed E-state index contributed by atoms with van der Waals surface area (Å²) >= 11 is 0. The standard InChI is InChI=1S/C7H9NO2/c1-2-3-4-6(9)5-7(8)10/h1H,3-5H2,(H2,8,10). The molecular weight excluding hydrogens is 130 g/mol. The number of nitrogens with two attached hydrogens (primary N) is 1. The summed E-state index contributed by atoms with van der Waals surface area (Å²) in [6, 6.07) is 0. The highest BCUT2D eigenvalue weighted by Crippen LogP contribution is 1.92. The van der Waals surface area contributed by atoms with Crippen molar-refractivity contribution in [1.82, 2.24) is 0 Å². The van der Waals surface area contributed by atoms with Crippen molar-refractivity contribution >= 4 is 11.7 Å². The molecule has 0 fully saturated rings. The van der Waals surface area contributed by atoms with E-state index in [1.807, 2.05) is 0 Å². The van der Waals surface area contributed by atoms with Crippen LogP contribution in [0, 0.1) is 12.3 Å². The molecule has 0 radical (unpaired) electrons. The first-order chi connectivity index (χ1) is 4.66. The lowest BCUT2D eigenvalue weighted by atomic mass is 10.2. The predicted molar refractivity (Wildman–Crippen MR) is 36.9 cm³/mol. The maximum atomic E-state index is 10.6. The van der Waals surface area contributed by atoms with E-state index in [0.29, 0.717) is 6.42 Å². The molecule has 2 N–H and O–H groups in total. The zero-order valence-electron chi connectivity index (χ0n) is 5.59. The SMILES string of the molecule is C#CCCC(=O)CC(N)=O. The highest BCUT2D eigenvalue weighted by Gasteiger charge is 2.03. The van der Waals surface area contributed by atoms with Crippen LogP contribution in [0.2, 0.25) is 0 Å². The maximum Gasteiger partial charge on any atom is 0.224 e. The van der Waals surface area contributed by atoms with Gasteiger partial charge in [-0.1, -0.05) is 0 Å². The zero-order chi connectivity index (χ0) is 7.98. The largest absolute Gasteiger partial charge is 0.369 e. The smallest absolute Gasteiger partial charge is 0.224 e. The van der Waals surface area contributed by atoms with Gasteiger partial charge < -0.3 is 5.73 Å². The second kappa shape index (κ2) is 4.57. The molecule has 3 heteroatoms. The normalized spacial score (nSPS) is 8.30. The number of ketones is 1. The summed E-state index contributed by atoms with van der Waals surface area (Å²) in [6.07, 6.45) is 5.33. The van der Waals surface area contributed by atoms with Gasteiger partial charge in [-0.15, -0.1) is 12.3 Å². The molecule has 3 nitrogen and oxygen atoms in total. The molecule has 0 aromatic heterocycles. The Morgan fingerprint density at radius 1 is 1.50 bits per heavy atom. The van der Waals surface area contributed by atoms with Gasteiger partial charge in [0.1, 0.15) is 5.78 Å². The van der Waals surface area contributed by atoms with Crippen LogP contribution in [-0.4, -0.2) is 11.7 Å². The number of hydrogen-bond donors (Lipinski definition) is 1. The van der Waals surface area contributed by atoms with Gasteiger partial charge in [-0.3, -0.25) is 9.59 Å². The van der Waals surface area contributed by atoms with Crippen molar-refractivity contribution in [2.24, 2.45) is 5.73 Å². The Bertz CT molecular complexity index is 179. The van der Waals surface area contributed by atoms with E-state index in [4.69, 9.17) is 12.2 Å². The molecule has 0 unspecified atom stereocenters. The van der Waals surface area contributed by atoms with Gasteiger partial charge in [-0.2, -0.15) is 0 Å². The molecule has 0 aromatic carbocycles. The summed E-state index contributed by atoms with van der Waals surface area (Å²) in [5.74, 6) is 1.51. The fourth-order valence-corrected chi connectivity index (χ4v) is 0.494. The van der Waals surface area contributed by atoms with Gasteiger partial charge in [0.15, 0.2) is 0 Å². The molecule has 0 aliphatic rings. The molecule has 0 aliphatic heterocycles. The lowest BCUT2D eigenvalue weighted by molar-refractivity contribution is -0.126. The lowest BCUT2D eigenvalue weighted by Gasteiger charge is -1.91. The number of Topliss-reactive ketones (excluding diaryl/α,β-unsaturated/α-hetero) is 1. The Balaban J connectivity index is 3.47. The Kier molecular flexibility index (Phi) is 3.97. The zero-order valence-corrected chi connectivity index (χ0v) is 5.59. The molecular formula is C7H9NO2. The van der Waals surface area contributed by atoms with Gasteiger partial charge in [0, 0.05) is 12.8 Å². The summed E-state index contributed by atoms with van der Waals surface area (Å²) in [7, 11) is 0. The van der Waals surface area contributed by atoms with E-state index < -0.39 is 5.91 Å². The Morgan fingerprint density at radius 3 is 2.50 bits per heavy atom. The Labute approximate surface area is 59.6 Å². The second-order valence-electron chi connectivity index (χ2n) is 1.89. The van der Waals surface area contributed by atoms with E-state index in [1.54, 1.807) is 0 Å². The van der Waals surface area contributed by atoms with Crippen molar-refractivity contribution in [3.63, 3.8) is 0 Å². The number of carbonyl (C=O) groups is 2. The molecule has 0 saturated carbocycles. The molecule has 0 rings (SSSR count). The highest BCUT2D eigenvalue weighted by atomic mass is 16.2. The Hall–Kier alpha value is -1.30. The van der Waals surface area contributed by atoms with E-state index in [2.05, 4.69) is 5.92 Å². The van der Waals surface area contributed by atoms with Crippen molar-refractivity contribution in [3.8, 4) is 12.3 Å². The number of terminal acetylenes is 1. The van der Waals surface area contributed by atoms with Gasteiger partial charge in [0.25, 0.3) is 0 Å². The third-order valence-electron chi connectivity index (χ3n) is 0.920. The van der Waals surface area contributed by atoms with Gasteiger partial charge in [-0.05, 0) is 0 Å². The van der Waals surface area contributed by atoms with Crippen molar-refractivity contribution in [3.05, 3.63) is 0 Å². The summed E-state index contributed by atoms with van der Waals surface area (Å²) in [4.78, 5) is 20.7. The van der Waals surface area contributed by atoms with E-state index in [1.165, 1.54) is 0 Å². The first-order valence-electron chi connectivity index (χ1n) is 2.90. The Morgan fingerprint density at radius 2 is 2.10 bits per heavy atom. The van der Waals surface area contributed by atoms with Gasteiger partial charge in [0.2, 0.25) is 5.91 Å². The van der Waals surface area contributed by atoms with Crippen LogP contribution in [0.15, 0.2) is 0 Å². The number of amides is 1. The molecule has 54 valence electrons. The molecule has 0 aromatic rings. The minimum absolute atomic E-state index is 0.189. The molecule has 0 spiro atoms. The van der Waals surface area contributed by atoms with Crippen molar-refractivity contribution in [2.75, 3.05) is 0 Å². The summed E-state index contributed by atoms with van der Waals surface area (Å²) < 4.78 is 0. The molecule has 0 saturated heterocycles. The summed E-state index contributed by atoms with van der Waals surface area (Å²) in [5.41, 5.74) is 4.75. The number of primary amides is 1. The van der Waals surface area contributed by atoms with Crippen LogP contribution in [0.3, 0.4) is 0 Å². The van der Waals surface area contributed by atoms with Crippen LogP contribution in [0.5, 0.6) is 0 Å². The quantitative estimate of drug-likeness (QED) is 0.434. The third kappa shape index (κ3) is 4.85. The fraction of sp³-hybridized carbons (Fsp3) is 0.429. The monoisotopic (exact) mass is 139 g/mol. The third-order valence-corrected chi connectivity index (χ3v) is 0.920. The van der Waals surface area contributed by atoms with Crippen LogP contribution < -0.4 is 5.73 Å². The van der Waals surface area contributed by atoms with E-state index in [-0.39, 0.29) is 18.6 Å². The molecule has 10 heavy (non-hydrogen) atoms. The first kappa shape index (κ1) is 8.70. The average molecular weight is 139 g/mol. The molecule has 0 aliphatic carbocycles. The van der Waals surface area contributed by atoms with Gasteiger partial charge in [0.05, 0.1) is 6.42 Å². The van der Waals surface area contributed by atoms with E-state index in [9.17, 15) is 9.59 Å². The van der Waals surface area contributed by atoms with Crippen LogP contribution in [0.1, 0.15) is 19.3 Å². The summed E-state index contributed by atoms with van der Waals surface area (Å²) in [5, 5.41) is 0.